The highest BCUT2D eigenvalue weighted by atomic mass is 19.4. The second-order valence-corrected chi connectivity index (χ2v) is 8.29. The number of likely N-dealkylation sites (N-methyl/N-ethyl adjacent to an activating group) is 1. The summed E-state index contributed by atoms with van der Waals surface area (Å²) in [5.41, 5.74) is 5.72. The predicted octanol–water partition coefficient (Wildman–Crippen LogP) is 3.98. The zero-order valence-corrected chi connectivity index (χ0v) is 20.5. The van der Waals surface area contributed by atoms with Crippen molar-refractivity contribution in [2.24, 2.45) is 5.73 Å². The van der Waals surface area contributed by atoms with Crippen LogP contribution in [0.2, 0.25) is 0 Å². The van der Waals surface area contributed by atoms with Crippen molar-refractivity contribution in [2.75, 3.05) is 48.3 Å². The van der Waals surface area contributed by atoms with E-state index in [1.54, 1.807) is 30.5 Å². The second-order valence-electron chi connectivity index (χ2n) is 8.29. The van der Waals surface area contributed by atoms with E-state index in [0.717, 1.165) is 31.0 Å². The van der Waals surface area contributed by atoms with Crippen LogP contribution < -0.4 is 26.2 Å². The smallest absolute Gasteiger partial charge is 0.366 e. The summed E-state index contributed by atoms with van der Waals surface area (Å²) in [5, 5.41) is 4.68. The van der Waals surface area contributed by atoms with Gasteiger partial charge < -0.3 is 26.2 Å². The average Bonchev–Trinajstić information content (AvgIpc) is 3.29. The molecule has 1 fully saturated rings. The molecule has 218 valence electrons. The molecule has 4 rings (SSSR count). The highest BCUT2D eigenvalue weighted by Gasteiger charge is 2.35. The van der Waals surface area contributed by atoms with Crippen molar-refractivity contribution in [3.8, 4) is 0 Å². The SMILES string of the molecule is C.CN1c2nc(C(=O)NCCC(F)(F)F)ccc2N2CCC1C2.NCCC(F)(F)F.O=CNc1ccccn1. The van der Waals surface area contributed by atoms with Gasteiger partial charge in [0.05, 0.1) is 18.5 Å². The molecule has 2 amide bonds. The molecule has 1 atom stereocenters. The molecule has 0 spiro atoms. The molecule has 1 saturated heterocycles. The molecule has 0 aliphatic carbocycles. The summed E-state index contributed by atoms with van der Waals surface area (Å²) >= 11 is 0. The third-order valence-corrected chi connectivity index (χ3v) is 5.47. The molecule has 2 aromatic heterocycles. The van der Waals surface area contributed by atoms with Gasteiger partial charge in [-0.1, -0.05) is 13.5 Å². The van der Waals surface area contributed by atoms with Crippen LogP contribution in [0.25, 0.3) is 0 Å². The molecule has 4 N–H and O–H groups in total. The second kappa shape index (κ2) is 15.1. The number of aromatic nitrogens is 2. The number of nitrogens with two attached hydrogens (primary N) is 1. The quantitative estimate of drug-likeness (QED) is 0.359. The molecular formula is C24H33F6N7O2. The van der Waals surface area contributed by atoms with Gasteiger partial charge in [-0.15, -0.1) is 0 Å². The van der Waals surface area contributed by atoms with Gasteiger partial charge >= 0.3 is 12.4 Å². The maximum Gasteiger partial charge on any atom is 0.390 e. The van der Waals surface area contributed by atoms with Crippen LogP contribution >= 0.6 is 0 Å². The Morgan fingerprint density at radius 3 is 2.36 bits per heavy atom. The van der Waals surface area contributed by atoms with Crippen molar-refractivity contribution in [2.45, 2.75) is 45.1 Å². The average molecular weight is 566 g/mol. The minimum atomic E-state index is -4.27. The van der Waals surface area contributed by atoms with E-state index in [9.17, 15) is 35.9 Å². The van der Waals surface area contributed by atoms with Crippen LogP contribution in [0, 0.1) is 0 Å². The third kappa shape index (κ3) is 11.3. The summed E-state index contributed by atoms with van der Waals surface area (Å²) in [4.78, 5) is 34.2. The number of halogens is 6. The Morgan fingerprint density at radius 2 is 1.82 bits per heavy atom. The minimum Gasteiger partial charge on any atom is -0.366 e. The summed E-state index contributed by atoms with van der Waals surface area (Å²) in [6.45, 7) is 1.15. The van der Waals surface area contributed by atoms with E-state index in [1.165, 1.54) is 0 Å². The van der Waals surface area contributed by atoms with E-state index in [4.69, 9.17) is 0 Å². The van der Waals surface area contributed by atoms with E-state index in [1.807, 2.05) is 18.0 Å². The summed E-state index contributed by atoms with van der Waals surface area (Å²) in [7, 11) is 1.94. The molecule has 15 heteroatoms. The third-order valence-electron chi connectivity index (χ3n) is 5.47. The first kappa shape index (κ1) is 33.4. The number of amides is 2. The van der Waals surface area contributed by atoms with Crippen LogP contribution in [0.5, 0.6) is 0 Å². The Bertz CT molecular complexity index is 1040. The van der Waals surface area contributed by atoms with Gasteiger partial charge in [0.2, 0.25) is 6.41 Å². The fourth-order valence-electron chi connectivity index (χ4n) is 3.60. The minimum absolute atomic E-state index is 0. The lowest BCUT2D eigenvalue weighted by Gasteiger charge is -2.34. The van der Waals surface area contributed by atoms with Crippen molar-refractivity contribution in [1.29, 1.82) is 0 Å². The lowest BCUT2D eigenvalue weighted by Crippen LogP contribution is -2.40. The number of carbonyl (C=O) groups excluding carboxylic acids is 2. The highest BCUT2D eigenvalue weighted by molar-refractivity contribution is 5.93. The van der Waals surface area contributed by atoms with Gasteiger partial charge in [-0.2, -0.15) is 26.3 Å². The van der Waals surface area contributed by atoms with Gasteiger partial charge in [-0.05, 0) is 30.7 Å². The zero-order valence-electron chi connectivity index (χ0n) is 20.5. The van der Waals surface area contributed by atoms with E-state index < -0.39 is 37.6 Å². The fraction of sp³-hybridized carbons (Fsp3) is 0.500. The van der Waals surface area contributed by atoms with Gasteiger partial charge in [-0.25, -0.2) is 9.97 Å². The Balaban J connectivity index is 0.000000370. The monoisotopic (exact) mass is 565 g/mol. The largest absolute Gasteiger partial charge is 0.390 e. The molecule has 0 aromatic carbocycles. The molecule has 9 nitrogen and oxygen atoms in total. The molecule has 2 bridgehead atoms. The van der Waals surface area contributed by atoms with E-state index in [-0.39, 0.29) is 19.7 Å². The van der Waals surface area contributed by atoms with E-state index in [0.29, 0.717) is 18.3 Å². The molecule has 0 radical (unpaired) electrons. The predicted molar refractivity (Wildman–Crippen MR) is 137 cm³/mol. The van der Waals surface area contributed by atoms with Crippen molar-refractivity contribution >= 4 is 29.6 Å². The van der Waals surface area contributed by atoms with Crippen molar-refractivity contribution < 1.29 is 35.9 Å². The number of nitrogens with one attached hydrogen (secondary N) is 2. The van der Waals surface area contributed by atoms with Crippen LogP contribution in [0.4, 0.5) is 43.7 Å². The lowest BCUT2D eigenvalue weighted by atomic mass is 10.2. The van der Waals surface area contributed by atoms with Crippen molar-refractivity contribution in [3.63, 3.8) is 0 Å². The van der Waals surface area contributed by atoms with Crippen LogP contribution in [0.3, 0.4) is 0 Å². The van der Waals surface area contributed by atoms with Crippen LogP contribution in [0.15, 0.2) is 36.5 Å². The number of carbonyl (C=O) groups is 2. The number of hydrogen-bond donors (Lipinski definition) is 3. The summed E-state index contributed by atoms with van der Waals surface area (Å²) in [5.74, 6) is 0.720. The molecule has 4 heterocycles. The standard InChI is InChI=1S/C14H17F3N4O.C6H6N2O.C3H6F3N.CH4/c1-20-9-4-7-21(8-9)11-3-2-10(19-12(11)20)13(22)18-6-5-14(15,16)17;9-5-8-6-3-1-2-4-7-6;4-3(5,6)1-2-7;/h2-3,9H,4-8H2,1H3,(H,18,22);1-5H,(H,7,8,9);1-2,7H2;1H4. The van der Waals surface area contributed by atoms with Gasteiger partial charge in [0.25, 0.3) is 5.91 Å². The maximum absolute atomic E-state index is 12.1. The Morgan fingerprint density at radius 1 is 1.13 bits per heavy atom. The van der Waals surface area contributed by atoms with Gasteiger partial charge in [-0.3, -0.25) is 9.59 Å². The number of alkyl halides is 6. The molecule has 2 aliphatic rings. The topological polar surface area (TPSA) is 116 Å². The van der Waals surface area contributed by atoms with E-state index >= 15 is 0 Å². The van der Waals surface area contributed by atoms with Gasteiger partial charge in [0.15, 0.2) is 5.82 Å². The molecule has 2 aromatic rings. The Kier molecular flexibility index (Phi) is 12.9. The molecule has 39 heavy (non-hydrogen) atoms. The number of rotatable bonds is 6. The van der Waals surface area contributed by atoms with Crippen LogP contribution in [-0.4, -0.2) is 73.9 Å². The van der Waals surface area contributed by atoms with Gasteiger partial charge in [0.1, 0.15) is 11.5 Å². The molecular weight excluding hydrogens is 532 g/mol. The van der Waals surface area contributed by atoms with Gasteiger partial charge in [0, 0.05) is 45.5 Å². The first-order chi connectivity index (χ1) is 17.8. The molecule has 2 aliphatic heterocycles. The number of anilines is 3. The lowest BCUT2D eigenvalue weighted by molar-refractivity contribution is -0.133. The first-order valence-corrected chi connectivity index (χ1v) is 11.6. The molecule has 1 unspecified atom stereocenters. The Labute approximate surface area is 222 Å². The normalized spacial score (nSPS) is 15.4. The number of pyridine rings is 2. The summed E-state index contributed by atoms with van der Waals surface area (Å²) in [6.07, 6.45) is -7.02. The number of nitrogens with zero attached hydrogens (tertiary/aromatic N) is 4. The summed E-state index contributed by atoms with van der Waals surface area (Å²) in [6, 6.07) is 9.07. The zero-order chi connectivity index (χ0) is 28.3. The van der Waals surface area contributed by atoms with Crippen LogP contribution in [-0.2, 0) is 4.79 Å². The Hall–Kier alpha value is -3.62. The molecule has 0 saturated carbocycles. The maximum atomic E-state index is 12.1. The first-order valence-electron chi connectivity index (χ1n) is 11.6. The van der Waals surface area contributed by atoms with Crippen molar-refractivity contribution in [1.82, 2.24) is 15.3 Å². The highest BCUT2D eigenvalue weighted by Crippen LogP contribution is 2.37. The number of fused-ring (bicyclic) bond motifs is 4. The number of hydrogen-bond acceptors (Lipinski definition) is 7. The van der Waals surface area contributed by atoms with Crippen LogP contribution in [0.1, 0.15) is 37.2 Å². The van der Waals surface area contributed by atoms with Crippen molar-refractivity contribution in [3.05, 3.63) is 42.2 Å². The van der Waals surface area contributed by atoms with E-state index in [2.05, 4.69) is 31.2 Å². The summed E-state index contributed by atoms with van der Waals surface area (Å²) < 4.78 is 69.2. The fourth-order valence-corrected chi connectivity index (χ4v) is 3.60.